The van der Waals surface area contributed by atoms with E-state index in [1.165, 1.54) is 13.0 Å². The van der Waals surface area contributed by atoms with Crippen LogP contribution in [-0.4, -0.2) is 64.8 Å². The Labute approximate surface area is 179 Å². The number of hydrogen-bond acceptors (Lipinski definition) is 3. The van der Waals surface area contributed by atoms with Crippen LogP contribution in [0.5, 0.6) is 0 Å². The van der Waals surface area contributed by atoms with Gasteiger partial charge in [-0.25, -0.2) is 9.67 Å². The Morgan fingerprint density at radius 2 is 2.00 bits per heavy atom. The van der Waals surface area contributed by atoms with Crippen LogP contribution < -0.4 is 5.32 Å². The van der Waals surface area contributed by atoms with Crippen molar-refractivity contribution in [2.24, 2.45) is 10.9 Å². The van der Waals surface area contributed by atoms with Crippen LogP contribution in [0.1, 0.15) is 32.8 Å². The normalized spacial score (nSPS) is 17.3. The van der Waals surface area contributed by atoms with E-state index in [0.29, 0.717) is 12.5 Å². The molecule has 0 saturated carbocycles. The predicted octanol–water partition coefficient (Wildman–Crippen LogP) is 3.65. The molecule has 1 aliphatic rings. The summed E-state index contributed by atoms with van der Waals surface area (Å²) in [6, 6.07) is 7.68. The Hall–Kier alpha value is -2.05. The molecule has 1 atom stereocenters. The van der Waals surface area contributed by atoms with Gasteiger partial charge in [0.25, 0.3) is 0 Å². The molecule has 2 aromatic rings. The number of nitrogens with zero attached hydrogens (tertiary/aromatic N) is 5. The smallest absolute Gasteiger partial charge is 0.194 e. The molecule has 1 N–H and O–H groups in total. The number of rotatable bonds is 8. The monoisotopic (exact) mass is 416 g/mol. The lowest BCUT2D eigenvalue weighted by molar-refractivity contribution is 0.255. The summed E-state index contributed by atoms with van der Waals surface area (Å²) in [5, 5.41) is 8.66. The third kappa shape index (κ3) is 5.97. The van der Waals surface area contributed by atoms with Crippen molar-refractivity contribution in [1.82, 2.24) is 24.9 Å². The summed E-state index contributed by atoms with van der Waals surface area (Å²) >= 11 is 5.97. The van der Waals surface area contributed by atoms with Crippen molar-refractivity contribution in [3.05, 3.63) is 47.2 Å². The summed E-state index contributed by atoms with van der Waals surface area (Å²) in [4.78, 5) is 9.81. The quantitative estimate of drug-likeness (QED) is 0.527. The zero-order chi connectivity index (χ0) is 20.6. The maximum absolute atomic E-state index is 5.97. The van der Waals surface area contributed by atoms with Gasteiger partial charge in [-0.05, 0) is 56.6 Å². The van der Waals surface area contributed by atoms with Gasteiger partial charge in [0.15, 0.2) is 5.96 Å². The Morgan fingerprint density at radius 1 is 1.24 bits per heavy atom. The number of likely N-dealkylation sites (tertiary alicyclic amines) is 1. The first-order chi connectivity index (χ1) is 14.1. The fraction of sp³-hybridized carbons (Fsp3) is 0.545. The molecule has 1 fully saturated rings. The third-order valence-electron chi connectivity index (χ3n) is 5.47. The molecule has 0 radical (unpaired) electrons. The predicted molar refractivity (Wildman–Crippen MR) is 121 cm³/mol. The van der Waals surface area contributed by atoms with Crippen molar-refractivity contribution in [3.8, 4) is 5.69 Å². The second-order valence-electron chi connectivity index (χ2n) is 7.53. The number of hydrogen-bond donors (Lipinski definition) is 1. The largest absolute Gasteiger partial charge is 0.357 e. The van der Waals surface area contributed by atoms with Gasteiger partial charge in [-0.15, -0.1) is 0 Å². The number of aliphatic imine (C=N–C) groups is 1. The summed E-state index contributed by atoms with van der Waals surface area (Å²) < 4.78 is 1.87. The van der Waals surface area contributed by atoms with Gasteiger partial charge in [-0.1, -0.05) is 25.4 Å². The number of benzene rings is 1. The molecule has 1 aromatic heterocycles. The van der Waals surface area contributed by atoms with Crippen molar-refractivity contribution >= 4 is 17.6 Å². The van der Waals surface area contributed by atoms with E-state index in [9.17, 15) is 0 Å². The molecule has 1 unspecified atom stereocenters. The van der Waals surface area contributed by atoms with E-state index >= 15 is 0 Å². The molecule has 0 amide bonds. The van der Waals surface area contributed by atoms with Crippen molar-refractivity contribution in [1.29, 1.82) is 0 Å². The van der Waals surface area contributed by atoms with Gasteiger partial charge in [0.2, 0.25) is 0 Å². The van der Waals surface area contributed by atoms with E-state index in [1.54, 1.807) is 0 Å². The maximum Gasteiger partial charge on any atom is 0.194 e. The highest BCUT2D eigenvalue weighted by Crippen LogP contribution is 2.18. The fourth-order valence-electron chi connectivity index (χ4n) is 3.79. The molecule has 1 saturated heterocycles. The second kappa shape index (κ2) is 10.6. The third-order valence-corrected chi connectivity index (χ3v) is 5.72. The molecule has 2 heterocycles. The summed E-state index contributed by atoms with van der Waals surface area (Å²) in [5.41, 5.74) is 2.09. The second-order valence-corrected chi connectivity index (χ2v) is 7.96. The first-order valence-electron chi connectivity index (χ1n) is 10.7. The highest BCUT2D eigenvalue weighted by Gasteiger charge is 2.25. The minimum absolute atomic E-state index is 0.618. The van der Waals surface area contributed by atoms with E-state index in [4.69, 9.17) is 16.6 Å². The van der Waals surface area contributed by atoms with Crippen molar-refractivity contribution in [2.75, 3.05) is 39.3 Å². The standard InChI is InChI=1S/C22H33ClN6/c1-4-24-22(28-12-11-18(16-28)15-27(5-2)6-3)25-13-19-14-26-29(17-19)21-9-7-20(23)8-10-21/h7-10,14,17-18H,4-6,11-13,15-16H2,1-3H3,(H,24,25). The lowest BCUT2D eigenvalue weighted by atomic mass is 10.1. The van der Waals surface area contributed by atoms with Crippen LogP contribution in [0.2, 0.25) is 5.02 Å². The molecule has 0 bridgehead atoms. The molecular weight excluding hydrogens is 384 g/mol. The van der Waals surface area contributed by atoms with Gasteiger partial charge >= 0.3 is 0 Å². The number of aromatic nitrogens is 2. The molecule has 29 heavy (non-hydrogen) atoms. The van der Waals surface area contributed by atoms with Gasteiger partial charge in [-0.2, -0.15) is 5.10 Å². The molecule has 1 aromatic carbocycles. The summed E-state index contributed by atoms with van der Waals surface area (Å²) in [6.45, 7) is 13.7. The molecule has 1 aliphatic heterocycles. The summed E-state index contributed by atoms with van der Waals surface area (Å²) in [7, 11) is 0. The van der Waals surface area contributed by atoms with Crippen LogP contribution in [0.15, 0.2) is 41.7 Å². The van der Waals surface area contributed by atoms with Gasteiger partial charge in [0.05, 0.1) is 18.4 Å². The Bertz CT molecular complexity index is 781. The lowest BCUT2D eigenvalue weighted by Gasteiger charge is -2.24. The first-order valence-corrected chi connectivity index (χ1v) is 11.1. The number of guanidine groups is 1. The van der Waals surface area contributed by atoms with Gasteiger partial charge < -0.3 is 15.1 Å². The van der Waals surface area contributed by atoms with Crippen LogP contribution >= 0.6 is 11.6 Å². The maximum atomic E-state index is 5.97. The van der Waals surface area contributed by atoms with Crippen molar-refractivity contribution in [3.63, 3.8) is 0 Å². The topological polar surface area (TPSA) is 48.7 Å². The number of nitrogens with one attached hydrogen (secondary N) is 1. The minimum Gasteiger partial charge on any atom is -0.357 e. The average Bonchev–Trinajstić information content (AvgIpc) is 3.39. The molecule has 0 spiro atoms. The first kappa shape index (κ1) is 21.7. The molecule has 0 aliphatic carbocycles. The minimum atomic E-state index is 0.618. The Balaban J connectivity index is 1.62. The van der Waals surface area contributed by atoms with Gasteiger partial charge in [0, 0.05) is 43.0 Å². The average molecular weight is 417 g/mol. The van der Waals surface area contributed by atoms with Crippen molar-refractivity contribution in [2.45, 2.75) is 33.7 Å². The molecule has 7 heteroatoms. The highest BCUT2D eigenvalue weighted by molar-refractivity contribution is 6.30. The molecule has 3 rings (SSSR count). The Kier molecular flexibility index (Phi) is 7.95. The van der Waals surface area contributed by atoms with Gasteiger partial charge in [0.1, 0.15) is 0 Å². The van der Waals surface area contributed by atoms with Crippen molar-refractivity contribution < 1.29 is 0 Å². The zero-order valence-corrected chi connectivity index (χ0v) is 18.6. The van der Waals surface area contributed by atoms with E-state index in [1.807, 2.05) is 41.3 Å². The zero-order valence-electron chi connectivity index (χ0n) is 17.8. The van der Waals surface area contributed by atoms with Crippen LogP contribution in [0.4, 0.5) is 0 Å². The van der Waals surface area contributed by atoms with Crippen LogP contribution in [-0.2, 0) is 6.54 Å². The summed E-state index contributed by atoms with van der Waals surface area (Å²) in [5.74, 6) is 1.72. The van der Waals surface area contributed by atoms with E-state index < -0.39 is 0 Å². The van der Waals surface area contributed by atoms with Crippen LogP contribution in [0.25, 0.3) is 5.69 Å². The summed E-state index contributed by atoms with van der Waals surface area (Å²) in [6.07, 6.45) is 5.15. The molecule has 6 nitrogen and oxygen atoms in total. The molecule has 158 valence electrons. The SMILES string of the molecule is CCNC(=NCc1cnn(-c2ccc(Cl)cc2)c1)N1CCC(CN(CC)CC)C1. The lowest BCUT2D eigenvalue weighted by Crippen LogP contribution is -2.40. The van der Waals surface area contributed by atoms with Crippen LogP contribution in [0, 0.1) is 5.92 Å². The van der Waals surface area contributed by atoms with Gasteiger partial charge in [-0.3, -0.25) is 0 Å². The van der Waals surface area contributed by atoms with E-state index in [-0.39, 0.29) is 0 Å². The molecular formula is C22H33ClN6. The van der Waals surface area contributed by atoms with Crippen LogP contribution in [0.3, 0.4) is 0 Å². The highest BCUT2D eigenvalue weighted by atomic mass is 35.5. The van der Waals surface area contributed by atoms with E-state index in [0.717, 1.165) is 55.0 Å². The fourth-order valence-corrected chi connectivity index (χ4v) is 3.92. The number of halogens is 1. The Morgan fingerprint density at radius 3 is 2.69 bits per heavy atom. The van der Waals surface area contributed by atoms with E-state index in [2.05, 4.69) is 41.0 Å².